The summed E-state index contributed by atoms with van der Waals surface area (Å²) in [5.74, 6) is 2.19. The van der Waals surface area contributed by atoms with Gasteiger partial charge in [-0.25, -0.2) is 0 Å². The van der Waals surface area contributed by atoms with Crippen LogP contribution in [-0.4, -0.2) is 44.6 Å². The summed E-state index contributed by atoms with van der Waals surface area (Å²) in [7, 11) is 1.64. The molecule has 0 bridgehead atoms. The molecule has 0 atom stereocenters. The van der Waals surface area contributed by atoms with E-state index in [1.54, 1.807) is 35.9 Å². The van der Waals surface area contributed by atoms with Crippen LogP contribution >= 0.6 is 40.1 Å². The topological polar surface area (TPSA) is 87.0 Å². The predicted octanol–water partition coefficient (Wildman–Crippen LogP) is 4.71. The fourth-order valence-electron chi connectivity index (χ4n) is 3.10. The zero-order valence-electron chi connectivity index (χ0n) is 18.4. The smallest absolute Gasteiger partial charge is 0.214 e. The summed E-state index contributed by atoms with van der Waals surface area (Å²) in [6, 6.07) is 17.8. The van der Waals surface area contributed by atoms with Crippen molar-refractivity contribution in [2.75, 3.05) is 19.4 Å². The van der Waals surface area contributed by atoms with Crippen molar-refractivity contribution in [3.05, 3.63) is 82.6 Å². The van der Waals surface area contributed by atoms with Crippen LogP contribution < -0.4 is 14.8 Å². The molecular formula is C23H24BrClN6O2S. The van der Waals surface area contributed by atoms with Gasteiger partial charge >= 0.3 is 0 Å². The number of para-hydroxylation sites is 1. The van der Waals surface area contributed by atoms with E-state index in [0.717, 1.165) is 38.7 Å². The van der Waals surface area contributed by atoms with Crippen LogP contribution in [0.2, 0.25) is 0 Å². The maximum atomic E-state index is 5.98. The van der Waals surface area contributed by atoms with E-state index < -0.39 is 0 Å². The average Bonchev–Trinajstić information content (AvgIpc) is 3.32. The molecule has 0 fully saturated rings. The van der Waals surface area contributed by atoms with Gasteiger partial charge in [0.15, 0.2) is 11.5 Å². The van der Waals surface area contributed by atoms with E-state index in [9.17, 15) is 0 Å². The lowest BCUT2D eigenvalue weighted by molar-refractivity contribution is 0.282. The number of tetrazole rings is 1. The number of halogens is 2. The van der Waals surface area contributed by atoms with E-state index in [4.69, 9.17) is 9.47 Å². The van der Waals surface area contributed by atoms with Crippen molar-refractivity contribution in [1.82, 2.24) is 30.5 Å². The van der Waals surface area contributed by atoms with Gasteiger partial charge in [0.1, 0.15) is 6.61 Å². The van der Waals surface area contributed by atoms with Crippen molar-refractivity contribution in [1.29, 1.82) is 0 Å². The SMILES string of the molecule is COc1cc(CNCCSc2nnnn2-c2ccccc2)cc(Br)c1OCc1cccnc1.Cl. The summed E-state index contributed by atoms with van der Waals surface area (Å²) in [5, 5.41) is 16.2. The van der Waals surface area contributed by atoms with Gasteiger partial charge in [-0.1, -0.05) is 36.0 Å². The highest BCUT2D eigenvalue weighted by atomic mass is 79.9. The minimum absolute atomic E-state index is 0. The molecule has 0 spiro atoms. The van der Waals surface area contributed by atoms with E-state index in [1.807, 2.05) is 54.6 Å². The van der Waals surface area contributed by atoms with Crippen molar-refractivity contribution >= 4 is 40.1 Å². The zero-order valence-corrected chi connectivity index (χ0v) is 21.6. The number of pyridine rings is 1. The van der Waals surface area contributed by atoms with Crippen LogP contribution in [0.1, 0.15) is 11.1 Å². The molecular weight excluding hydrogens is 540 g/mol. The summed E-state index contributed by atoms with van der Waals surface area (Å²) in [5.41, 5.74) is 3.03. The molecule has 0 aliphatic carbocycles. The van der Waals surface area contributed by atoms with Crippen molar-refractivity contribution in [2.45, 2.75) is 18.3 Å². The van der Waals surface area contributed by atoms with Crippen LogP contribution in [0.5, 0.6) is 11.5 Å². The lowest BCUT2D eigenvalue weighted by atomic mass is 10.2. The molecule has 8 nitrogen and oxygen atoms in total. The summed E-state index contributed by atoms with van der Waals surface area (Å²) in [6.45, 7) is 1.91. The Morgan fingerprint density at radius 2 is 1.94 bits per heavy atom. The van der Waals surface area contributed by atoms with Gasteiger partial charge in [-0.15, -0.1) is 17.5 Å². The van der Waals surface area contributed by atoms with Crippen molar-refractivity contribution in [3.63, 3.8) is 0 Å². The number of ether oxygens (including phenoxy) is 2. The standard InChI is InChI=1S/C23H23BrN6O2S.ClH/c1-31-21-13-18(12-20(24)22(21)32-16-17-6-5-9-25-14-17)15-26-10-11-33-23-27-28-29-30(23)19-7-3-2-4-8-19;/h2-9,12-14,26H,10-11,15-16H2,1H3;1H. The number of rotatable bonds is 11. The van der Waals surface area contributed by atoms with Gasteiger partial charge in [0.05, 0.1) is 17.3 Å². The van der Waals surface area contributed by atoms with E-state index in [-0.39, 0.29) is 12.4 Å². The second-order valence-corrected chi connectivity index (χ2v) is 8.91. The molecule has 4 rings (SSSR count). The van der Waals surface area contributed by atoms with Gasteiger partial charge in [0.25, 0.3) is 0 Å². The molecule has 0 aliphatic rings. The number of thioether (sulfide) groups is 1. The van der Waals surface area contributed by atoms with Gasteiger partial charge in [-0.3, -0.25) is 4.98 Å². The molecule has 0 saturated heterocycles. The van der Waals surface area contributed by atoms with E-state index >= 15 is 0 Å². The Kier molecular flexibility index (Phi) is 10.1. The first-order chi connectivity index (χ1) is 16.2. The Hall–Kier alpha value is -2.66. The van der Waals surface area contributed by atoms with Crippen LogP contribution in [0.4, 0.5) is 0 Å². The van der Waals surface area contributed by atoms with Crippen LogP contribution in [0.25, 0.3) is 5.69 Å². The number of nitrogens with zero attached hydrogens (tertiary/aromatic N) is 5. The Balaban J connectivity index is 0.00000324. The lowest BCUT2D eigenvalue weighted by Gasteiger charge is -2.15. The highest BCUT2D eigenvalue weighted by molar-refractivity contribution is 9.10. The zero-order chi connectivity index (χ0) is 22.9. The van der Waals surface area contributed by atoms with Gasteiger partial charge < -0.3 is 14.8 Å². The van der Waals surface area contributed by atoms with Crippen molar-refractivity contribution in [3.8, 4) is 17.2 Å². The van der Waals surface area contributed by atoms with Crippen molar-refractivity contribution < 1.29 is 9.47 Å². The lowest BCUT2D eigenvalue weighted by Crippen LogP contribution is -2.17. The summed E-state index contributed by atoms with van der Waals surface area (Å²) in [4.78, 5) is 4.12. The number of aromatic nitrogens is 5. The third-order valence-electron chi connectivity index (χ3n) is 4.68. The average molecular weight is 564 g/mol. The molecule has 4 aromatic rings. The molecule has 0 amide bonds. The molecule has 34 heavy (non-hydrogen) atoms. The molecule has 178 valence electrons. The first-order valence-corrected chi connectivity index (χ1v) is 12.1. The number of benzene rings is 2. The van der Waals surface area contributed by atoms with Crippen LogP contribution in [0, 0.1) is 0 Å². The van der Waals surface area contributed by atoms with Gasteiger partial charge in [-0.2, -0.15) is 4.68 Å². The predicted molar refractivity (Wildman–Crippen MR) is 138 cm³/mol. The first-order valence-electron chi connectivity index (χ1n) is 10.3. The Labute approximate surface area is 217 Å². The highest BCUT2D eigenvalue weighted by Gasteiger charge is 2.13. The molecule has 1 N–H and O–H groups in total. The maximum absolute atomic E-state index is 5.98. The minimum atomic E-state index is 0. The first kappa shape index (κ1) is 26.0. The molecule has 11 heteroatoms. The minimum Gasteiger partial charge on any atom is -0.493 e. The van der Waals surface area contributed by atoms with E-state index in [1.165, 1.54) is 0 Å². The van der Waals surface area contributed by atoms with E-state index in [2.05, 4.69) is 41.8 Å². The highest BCUT2D eigenvalue weighted by Crippen LogP contribution is 2.37. The maximum Gasteiger partial charge on any atom is 0.214 e. The normalized spacial score (nSPS) is 10.5. The Bertz CT molecular complexity index is 1170. The third-order valence-corrected chi connectivity index (χ3v) is 6.19. The molecule has 0 radical (unpaired) electrons. The Morgan fingerprint density at radius 3 is 2.71 bits per heavy atom. The Morgan fingerprint density at radius 1 is 1.09 bits per heavy atom. The van der Waals surface area contributed by atoms with Crippen LogP contribution in [-0.2, 0) is 13.2 Å². The summed E-state index contributed by atoms with van der Waals surface area (Å²) >= 11 is 5.22. The quantitative estimate of drug-likeness (QED) is 0.207. The number of nitrogens with one attached hydrogen (secondary N) is 1. The monoisotopic (exact) mass is 562 g/mol. The van der Waals surface area contributed by atoms with Crippen LogP contribution in [0.15, 0.2) is 76.6 Å². The van der Waals surface area contributed by atoms with Gasteiger partial charge in [-0.05, 0) is 62.3 Å². The molecule has 0 aliphatic heterocycles. The third kappa shape index (κ3) is 6.92. The number of hydrogen-bond acceptors (Lipinski definition) is 8. The molecule has 2 aromatic carbocycles. The second kappa shape index (κ2) is 13.3. The fourth-order valence-corrected chi connectivity index (χ4v) is 4.49. The number of hydrogen-bond donors (Lipinski definition) is 1. The van der Waals surface area contributed by atoms with Gasteiger partial charge in [0.2, 0.25) is 5.16 Å². The van der Waals surface area contributed by atoms with Crippen LogP contribution in [0.3, 0.4) is 0 Å². The molecule has 2 aromatic heterocycles. The largest absolute Gasteiger partial charge is 0.493 e. The fraction of sp³-hybridized carbons (Fsp3) is 0.217. The molecule has 0 unspecified atom stereocenters. The van der Waals surface area contributed by atoms with E-state index in [0.29, 0.717) is 24.7 Å². The number of methoxy groups -OCH3 is 1. The van der Waals surface area contributed by atoms with Crippen molar-refractivity contribution in [2.24, 2.45) is 0 Å². The molecule has 2 heterocycles. The summed E-state index contributed by atoms with van der Waals surface area (Å²) in [6.07, 6.45) is 3.53. The second-order valence-electron chi connectivity index (χ2n) is 6.99. The molecule has 0 saturated carbocycles. The van der Waals surface area contributed by atoms with Gasteiger partial charge in [0, 0.05) is 36.8 Å². The summed E-state index contributed by atoms with van der Waals surface area (Å²) < 4.78 is 14.1.